The van der Waals surface area contributed by atoms with Crippen LogP contribution < -0.4 is 15.5 Å². The van der Waals surface area contributed by atoms with Gasteiger partial charge in [0.05, 0.1) is 52.9 Å². The fraction of sp³-hybridized carbons (Fsp3) is 0.581. The van der Waals surface area contributed by atoms with Crippen molar-refractivity contribution < 1.29 is 37.1 Å². The summed E-state index contributed by atoms with van der Waals surface area (Å²) in [6.45, 7) is 8.55. The minimum absolute atomic E-state index is 0.0469. The maximum Gasteiger partial charge on any atom is 0.419 e. The monoisotopic (exact) mass is 863 g/mol. The topological polar surface area (TPSA) is 166 Å². The number of alkyl halides is 3. The number of fused-ring (bicyclic) bond motifs is 1. The smallest absolute Gasteiger partial charge is 0.378 e. The molecule has 2 unspecified atom stereocenters. The van der Waals surface area contributed by atoms with E-state index in [1.54, 1.807) is 25.6 Å². The molecular formula is C43H52F3N9O5S. The lowest BCUT2D eigenvalue weighted by Gasteiger charge is -2.42. The Labute approximate surface area is 358 Å². The quantitative estimate of drug-likeness (QED) is 0.126. The zero-order valence-electron chi connectivity index (χ0n) is 35.1. The number of anilines is 2. The summed E-state index contributed by atoms with van der Waals surface area (Å²) < 4.78 is 49.2. The maximum atomic E-state index is 13.7. The first-order valence-corrected chi connectivity index (χ1v) is 21.4. The van der Waals surface area contributed by atoms with Crippen LogP contribution in [0.15, 0.2) is 30.5 Å². The molecule has 1 saturated carbocycles. The number of hydrogen-bond donors (Lipinski definition) is 2. The minimum Gasteiger partial charge on any atom is -0.378 e. The van der Waals surface area contributed by atoms with Gasteiger partial charge in [0.15, 0.2) is 10.8 Å². The van der Waals surface area contributed by atoms with Crippen molar-refractivity contribution >= 4 is 63.2 Å². The van der Waals surface area contributed by atoms with E-state index in [0.29, 0.717) is 35.8 Å². The van der Waals surface area contributed by atoms with E-state index < -0.39 is 34.8 Å². The Kier molecular flexibility index (Phi) is 12.6. The van der Waals surface area contributed by atoms with E-state index in [2.05, 4.69) is 39.5 Å². The molecule has 1 aliphatic carbocycles. The lowest BCUT2D eigenvalue weighted by molar-refractivity contribution is -0.138. The second kappa shape index (κ2) is 17.4. The van der Waals surface area contributed by atoms with Gasteiger partial charge in [0.1, 0.15) is 11.6 Å². The summed E-state index contributed by atoms with van der Waals surface area (Å²) in [4.78, 5) is 60.3. The molecule has 0 radical (unpaired) electrons. The summed E-state index contributed by atoms with van der Waals surface area (Å²) in [5.41, 5.74) is -1.23. The zero-order chi connectivity index (χ0) is 44.0. The molecule has 0 spiro atoms. The number of benzene rings is 1. The lowest BCUT2D eigenvalue weighted by Crippen LogP contribution is -2.51. The third-order valence-electron chi connectivity index (χ3n) is 13.0. The molecule has 0 bridgehead atoms. The molecular weight excluding hydrogens is 812 g/mol. The van der Waals surface area contributed by atoms with E-state index in [9.17, 15) is 37.6 Å². The number of carbonyl (C=O) groups is 4. The Morgan fingerprint density at radius 3 is 2.46 bits per heavy atom. The number of pyridine rings is 1. The first kappa shape index (κ1) is 44.1. The maximum absolute atomic E-state index is 13.7. The van der Waals surface area contributed by atoms with Gasteiger partial charge in [0, 0.05) is 43.6 Å². The molecule has 3 saturated heterocycles. The van der Waals surface area contributed by atoms with Crippen LogP contribution in [-0.4, -0.2) is 96.2 Å². The van der Waals surface area contributed by atoms with Crippen molar-refractivity contribution in [2.45, 2.75) is 134 Å². The first-order valence-electron chi connectivity index (χ1n) is 21.0. The van der Waals surface area contributed by atoms with Gasteiger partial charge in [0.25, 0.3) is 5.91 Å². The van der Waals surface area contributed by atoms with Crippen molar-refractivity contribution in [2.24, 2.45) is 13.0 Å². The normalized spacial score (nSPS) is 26.1. The number of aromatic nitrogens is 3. The van der Waals surface area contributed by atoms with E-state index in [-0.39, 0.29) is 65.7 Å². The van der Waals surface area contributed by atoms with Crippen molar-refractivity contribution in [3.8, 4) is 6.07 Å². The van der Waals surface area contributed by atoms with Crippen LogP contribution in [-0.2, 0) is 37.1 Å². The Bertz CT molecular complexity index is 2250. The second-order valence-corrected chi connectivity index (χ2v) is 17.8. The summed E-state index contributed by atoms with van der Waals surface area (Å²) in [5, 5.41) is 20.2. The number of nitrogens with one attached hydrogen (secondary N) is 2. The van der Waals surface area contributed by atoms with E-state index in [4.69, 9.17) is 17.0 Å². The number of carbonyl (C=O) groups excluding carboxylic acids is 4. The molecule has 4 amide bonds. The van der Waals surface area contributed by atoms with Gasteiger partial charge in [-0.1, -0.05) is 12.1 Å². The van der Waals surface area contributed by atoms with Crippen LogP contribution in [0.2, 0.25) is 0 Å². The molecule has 7 rings (SSSR count). The summed E-state index contributed by atoms with van der Waals surface area (Å²) in [6.07, 6.45) is 3.90. The van der Waals surface area contributed by atoms with Crippen molar-refractivity contribution in [1.29, 1.82) is 5.26 Å². The van der Waals surface area contributed by atoms with Crippen LogP contribution >= 0.6 is 12.2 Å². The number of ether oxygens (including phenoxy) is 1. The number of nitriles is 1. The summed E-state index contributed by atoms with van der Waals surface area (Å²) in [6, 6.07) is 7.97. The molecule has 5 heterocycles. The largest absolute Gasteiger partial charge is 0.419 e. The first-order chi connectivity index (χ1) is 28.9. The van der Waals surface area contributed by atoms with Crippen LogP contribution in [0.5, 0.6) is 0 Å². The SMILES string of the molecule is C[C@@H]1CC(OCCCC2CCC(N3C(=S)N(c4cnc(C#N)c(C(F)(F)F)c4)C(=O)C3(C)C)CC2)C[C@H](C)N1CC(=O)Nc1cccc2c(C3CCC(=O)NC3=O)nn(C)c12. The predicted octanol–water partition coefficient (Wildman–Crippen LogP) is 6.33. The van der Waals surface area contributed by atoms with E-state index in [1.807, 2.05) is 23.1 Å². The van der Waals surface area contributed by atoms with Crippen molar-refractivity contribution in [2.75, 3.05) is 23.4 Å². The van der Waals surface area contributed by atoms with Crippen LogP contribution in [0.1, 0.15) is 115 Å². The fourth-order valence-corrected chi connectivity index (χ4v) is 10.5. The molecule has 4 aliphatic rings. The number of aryl methyl sites for hydroxylation is 1. The standard InChI is InChI=1S/C43H52F3N9O5S/c1-24-18-29(19-25(2)53(24)23-36(57)49-33-10-6-9-30-37(51-52(5)38(30)33)31-15-16-35(56)50-39(31)58)60-17-7-8-26-11-13-27(14-12-26)55-41(61)54(40(59)42(55,3)4)28-20-32(43(44,45)46)34(21-47)48-22-28/h6,9-10,20,22,24-27,29,31H,7-8,11-19,23H2,1-5H3,(H,49,57)(H,50,56,58)/t24-,25+,26?,27?,29?,31?. The third-order valence-corrected chi connectivity index (χ3v) is 13.3. The van der Waals surface area contributed by atoms with E-state index in [0.717, 1.165) is 73.9 Å². The van der Waals surface area contributed by atoms with Gasteiger partial charge in [-0.25, -0.2) is 4.98 Å². The highest BCUT2D eigenvalue weighted by Crippen LogP contribution is 2.41. The highest BCUT2D eigenvalue weighted by molar-refractivity contribution is 7.80. The molecule has 14 nitrogen and oxygen atoms in total. The minimum atomic E-state index is -4.82. The van der Waals surface area contributed by atoms with Crippen LogP contribution in [0, 0.1) is 17.2 Å². The lowest BCUT2D eigenvalue weighted by atomic mass is 9.82. The van der Waals surface area contributed by atoms with Gasteiger partial charge in [-0.05, 0) is 116 Å². The number of imide groups is 1. The molecule has 4 fully saturated rings. The average Bonchev–Trinajstić information content (AvgIpc) is 3.62. The van der Waals surface area contributed by atoms with E-state index >= 15 is 0 Å². The van der Waals surface area contributed by atoms with Crippen molar-refractivity contribution in [3.05, 3.63) is 47.4 Å². The number of hydrogen-bond acceptors (Lipinski definition) is 10. The molecule has 3 aliphatic heterocycles. The van der Waals surface area contributed by atoms with Crippen molar-refractivity contribution in [3.63, 3.8) is 0 Å². The zero-order valence-corrected chi connectivity index (χ0v) is 35.9. The number of piperidine rings is 2. The van der Waals surface area contributed by atoms with Gasteiger partial charge >= 0.3 is 6.18 Å². The van der Waals surface area contributed by atoms with Crippen LogP contribution in [0.4, 0.5) is 24.5 Å². The Morgan fingerprint density at radius 2 is 1.80 bits per heavy atom. The molecule has 61 heavy (non-hydrogen) atoms. The molecule has 326 valence electrons. The molecule has 2 N–H and O–H groups in total. The summed E-state index contributed by atoms with van der Waals surface area (Å²) in [7, 11) is 1.78. The molecule has 18 heteroatoms. The summed E-state index contributed by atoms with van der Waals surface area (Å²) in [5.74, 6) is -1.29. The molecule has 1 aromatic carbocycles. The second-order valence-electron chi connectivity index (χ2n) is 17.5. The Morgan fingerprint density at radius 1 is 1.10 bits per heavy atom. The number of rotatable bonds is 11. The molecule has 4 atom stereocenters. The Balaban J connectivity index is 0.861. The van der Waals surface area contributed by atoms with Crippen molar-refractivity contribution in [1.82, 2.24) is 29.9 Å². The van der Waals surface area contributed by atoms with Gasteiger partial charge in [-0.3, -0.25) is 39.0 Å². The number of halogens is 3. The number of thiocarbonyl (C=S) groups is 1. The number of amides is 4. The van der Waals surface area contributed by atoms with Gasteiger partial charge in [-0.2, -0.15) is 23.5 Å². The van der Waals surface area contributed by atoms with E-state index in [1.165, 1.54) is 6.07 Å². The summed E-state index contributed by atoms with van der Waals surface area (Å²) >= 11 is 5.74. The number of likely N-dealkylation sites (tertiary alicyclic amines) is 1. The van der Waals surface area contributed by atoms with Gasteiger partial charge in [0.2, 0.25) is 17.7 Å². The van der Waals surface area contributed by atoms with Gasteiger partial charge in [-0.15, -0.1) is 0 Å². The predicted molar refractivity (Wildman–Crippen MR) is 224 cm³/mol. The highest BCUT2D eigenvalue weighted by Gasteiger charge is 2.53. The third kappa shape index (κ3) is 8.87. The molecule has 2 aromatic heterocycles. The average molecular weight is 864 g/mol. The van der Waals surface area contributed by atoms with Crippen LogP contribution in [0.3, 0.4) is 0 Å². The highest BCUT2D eigenvalue weighted by atomic mass is 32.1. The van der Waals surface area contributed by atoms with Crippen LogP contribution in [0.25, 0.3) is 10.9 Å². The fourth-order valence-electron chi connectivity index (χ4n) is 9.89. The Hall–Kier alpha value is -4.99. The van der Waals surface area contributed by atoms with Gasteiger partial charge < -0.3 is 15.0 Å². The number of nitrogens with zero attached hydrogens (tertiary/aromatic N) is 7. The molecule has 3 aromatic rings. The number of para-hydroxylation sites is 1.